The summed E-state index contributed by atoms with van der Waals surface area (Å²) < 4.78 is 7.25. The normalized spacial score (nSPS) is 21.0. The first kappa shape index (κ1) is 18.9. The Balaban J connectivity index is 1.36. The molecule has 2 aromatic heterocycles. The van der Waals surface area contributed by atoms with Crippen LogP contribution in [-0.2, 0) is 20.0 Å². The zero-order valence-electron chi connectivity index (χ0n) is 18.3. The van der Waals surface area contributed by atoms with E-state index in [0.717, 1.165) is 73.4 Å². The van der Waals surface area contributed by atoms with Crippen molar-refractivity contribution in [3.63, 3.8) is 0 Å². The van der Waals surface area contributed by atoms with Gasteiger partial charge in [0.25, 0.3) is 0 Å². The maximum Gasteiger partial charge on any atom is 0.229 e. The van der Waals surface area contributed by atoms with Crippen molar-refractivity contribution in [2.24, 2.45) is 7.05 Å². The summed E-state index contributed by atoms with van der Waals surface area (Å²) in [7, 11) is 3.70. The minimum atomic E-state index is 0.641. The summed E-state index contributed by atoms with van der Waals surface area (Å²) in [6.45, 7) is 6.09. The second-order valence-corrected chi connectivity index (χ2v) is 8.91. The second-order valence-electron chi connectivity index (χ2n) is 8.91. The molecule has 162 valence electrons. The van der Waals surface area contributed by atoms with Gasteiger partial charge in [0.05, 0.1) is 18.2 Å². The van der Waals surface area contributed by atoms with Crippen LogP contribution < -0.4 is 14.5 Å². The van der Waals surface area contributed by atoms with Crippen LogP contribution in [0, 0.1) is 0 Å². The molecule has 0 aliphatic carbocycles. The number of ether oxygens (including phenoxy) is 1. The predicted molar refractivity (Wildman–Crippen MR) is 121 cm³/mol. The van der Waals surface area contributed by atoms with E-state index in [2.05, 4.69) is 26.8 Å². The van der Waals surface area contributed by atoms with Gasteiger partial charge < -0.3 is 14.5 Å². The molecule has 1 atom stereocenters. The predicted octanol–water partition coefficient (Wildman–Crippen LogP) is 2.22. The van der Waals surface area contributed by atoms with Crippen LogP contribution in [-0.4, -0.2) is 70.5 Å². The average molecular weight is 420 g/mol. The zero-order valence-corrected chi connectivity index (χ0v) is 18.3. The number of hydrogen-bond acceptors (Lipinski definition) is 7. The van der Waals surface area contributed by atoms with Gasteiger partial charge in [0, 0.05) is 52.2 Å². The smallest absolute Gasteiger partial charge is 0.229 e. The highest BCUT2D eigenvalue weighted by atomic mass is 16.5. The summed E-state index contributed by atoms with van der Waals surface area (Å²) in [6.07, 6.45) is 3.51. The molecule has 2 fully saturated rings. The van der Waals surface area contributed by atoms with Crippen molar-refractivity contribution in [3.8, 4) is 5.75 Å². The number of benzene rings is 1. The Morgan fingerprint density at radius 3 is 2.77 bits per heavy atom. The topological polar surface area (TPSA) is 62.6 Å². The lowest BCUT2D eigenvalue weighted by Gasteiger charge is -2.38. The minimum Gasteiger partial charge on any atom is -0.497 e. The van der Waals surface area contributed by atoms with Gasteiger partial charge in [-0.2, -0.15) is 15.1 Å². The van der Waals surface area contributed by atoms with E-state index in [0.29, 0.717) is 6.04 Å². The molecule has 5 heterocycles. The molecule has 0 N–H and O–H groups in total. The van der Waals surface area contributed by atoms with E-state index in [1.807, 2.05) is 23.9 Å². The zero-order chi connectivity index (χ0) is 20.9. The van der Waals surface area contributed by atoms with Gasteiger partial charge in [-0.05, 0) is 37.1 Å². The number of piperazine rings is 1. The summed E-state index contributed by atoms with van der Waals surface area (Å²) >= 11 is 0. The third-order valence-corrected chi connectivity index (χ3v) is 7.05. The standard InChI is InChI=1S/C23H29N7O/c1-27-21-20-19(26-27)9-11-29(14-16-5-7-18(31-2)8-6-16)22(20)25-23(24-21)30-13-12-28-10-3-4-17(28)15-30/h5-8,17H,3-4,9-15H2,1-2H3. The summed E-state index contributed by atoms with van der Waals surface area (Å²) in [5.41, 5.74) is 3.31. The molecule has 6 rings (SSSR count). The van der Waals surface area contributed by atoms with Crippen LogP contribution >= 0.6 is 0 Å². The number of nitrogens with zero attached hydrogens (tertiary/aromatic N) is 7. The largest absolute Gasteiger partial charge is 0.497 e. The molecule has 1 aromatic carbocycles. The van der Waals surface area contributed by atoms with Gasteiger partial charge >= 0.3 is 0 Å². The van der Waals surface area contributed by atoms with Gasteiger partial charge in [-0.15, -0.1) is 0 Å². The minimum absolute atomic E-state index is 0.641. The van der Waals surface area contributed by atoms with Crippen LogP contribution in [0.5, 0.6) is 5.75 Å². The fraction of sp³-hybridized carbons (Fsp3) is 0.522. The lowest BCUT2D eigenvalue weighted by molar-refractivity contribution is 0.229. The van der Waals surface area contributed by atoms with Crippen molar-refractivity contribution in [1.29, 1.82) is 0 Å². The number of aromatic nitrogens is 4. The first-order valence-corrected chi connectivity index (χ1v) is 11.3. The van der Waals surface area contributed by atoms with E-state index < -0.39 is 0 Å². The molecule has 0 bridgehead atoms. The molecule has 8 heteroatoms. The number of fused-ring (bicyclic) bond motifs is 1. The van der Waals surface area contributed by atoms with E-state index in [-0.39, 0.29) is 0 Å². The van der Waals surface area contributed by atoms with Crippen molar-refractivity contribution < 1.29 is 4.74 Å². The number of hydrogen-bond donors (Lipinski definition) is 0. The molecule has 31 heavy (non-hydrogen) atoms. The highest BCUT2D eigenvalue weighted by Gasteiger charge is 2.33. The van der Waals surface area contributed by atoms with Crippen LogP contribution in [0.1, 0.15) is 24.1 Å². The molecule has 1 unspecified atom stereocenters. The van der Waals surface area contributed by atoms with Crippen molar-refractivity contribution in [3.05, 3.63) is 35.5 Å². The van der Waals surface area contributed by atoms with Gasteiger partial charge in [-0.3, -0.25) is 4.90 Å². The van der Waals surface area contributed by atoms with E-state index in [9.17, 15) is 0 Å². The van der Waals surface area contributed by atoms with E-state index in [4.69, 9.17) is 19.8 Å². The number of aryl methyl sites for hydroxylation is 1. The highest BCUT2D eigenvalue weighted by molar-refractivity contribution is 5.92. The molecule has 3 aliphatic heterocycles. The Hall–Kier alpha value is -2.87. The van der Waals surface area contributed by atoms with Crippen molar-refractivity contribution >= 4 is 22.8 Å². The monoisotopic (exact) mass is 419 g/mol. The fourth-order valence-electron chi connectivity index (χ4n) is 5.37. The van der Waals surface area contributed by atoms with Crippen LogP contribution in [0.15, 0.2) is 24.3 Å². The number of methoxy groups -OCH3 is 1. The van der Waals surface area contributed by atoms with Gasteiger partial charge in [0.2, 0.25) is 5.95 Å². The van der Waals surface area contributed by atoms with Gasteiger partial charge in [0.15, 0.2) is 5.65 Å². The first-order valence-electron chi connectivity index (χ1n) is 11.3. The Bertz CT molecular complexity index is 1110. The lowest BCUT2D eigenvalue weighted by atomic mass is 10.1. The fourth-order valence-corrected chi connectivity index (χ4v) is 5.37. The van der Waals surface area contributed by atoms with Gasteiger partial charge in [-0.25, -0.2) is 4.68 Å². The Kier molecular flexibility index (Phi) is 4.49. The molecule has 0 amide bonds. The average Bonchev–Trinajstić information content (AvgIpc) is 3.40. The maximum atomic E-state index is 5.31. The molecule has 3 aromatic rings. The second kappa shape index (κ2) is 7.37. The van der Waals surface area contributed by atoms with Crippen LogP contribution in [0.2, 0.25) is 0 Å². The van der Waals surface area contributed by atoms with Crippen LogP contribution in [0.3, 0.4) is 0 Å². The summed E-state index contributed by atoms with van der Waals surface area (Å²) in [4.78, 5) is 17.5. The molecular formula is C23H29N7O. The van der Waals surface area contributed by atoms with Crippen molar-refractivity contribution in [1.82, 2.24) is 24.6 Å². The molecule has 0 radical (unpaired) electrons. The Morgan fingerprint density at radius 1 is 1.06 bits per heavy atom. The van der Waals surface area contributed by atoms with Gasteiger partial charge in [-0.1, -0.05) is 12.1 Å². The van der Waals surface area contributed by atoms with Crippen molar-refractivity contribution in [2.75, 3.05) is 49.6 Å². The molecule has 0 spiro atoms. The third kappa shape index (κ3) is 3.20. The lowest BCUT2D eigenvalue weighted by Crippen LogP contribution is -2.50. The molecule has 3 aliphatic rings. The third-order valence-electron chi connectivity index (χ3n) is 7.05. The Labute approximate surface area is 182 Å². The van der Waals surface area contributed by atoms with Crippen molar-refractivity contribution in [2.45, 2.75) is 31.8 Å². The van der Waals surface area contributed by atoms with E-state index >= 15 is 0 Å². The number of rotatable bonds is 4. The maximum absolute atomic E-state index is 5.31. The summed E-state index contributed by atoms with van der Waals surface area (Å²) in [6, 6.07) is 8.96. The summed E-state index contributed by atoms with van der Waals surface area (Å²) in [5, 5.41) is 5.88. The molecule has 2 saturated heterocycles. The molecular weight excluding hydrogens is 390 g/mol. The quantitative estimate of drug-likeness (QED) is 0.643. The summed E-state index contributed by atoms with van der Waals surface area (Å²) in [5.74, 6) is 2.76. The number of anilines is 2. The Morgan fingerprint density at radius 2 is 1.94 bits per heavy atom. The van der Waals surface area contributed by atoms with Crippen LogP contribution in [0.4, 0.5) is 11.8 Å². The molecule has 8 nitrogen and oxygen atoms in total. The van der Waals surface area contributed by atoms with E-state index in [1.54, 1.807) is 7.11 Å². The first-order chi connectivity index (χ1) is 15.2. The molecule has 0 saturated carbocycles. The van der Waals surface area contributed by atoms with Crippen LogP contribution in [0.25, 0.3) is 11.0 Å². The highest BCUT2D eigenvalue weighted by Crippen LogP contribution is 2.35. The van der Waals surface area contributed by atoms with E-state index in [1.165, 1.54) is 24.9 Å². The SMILES string of the molecule is COc1ccc(CN2CCc3nn(C)c4nc(N5CCN6CCCC6C5)nc2c34)cc1. The van der Waals surface area contributed by atoms with Gasteiger partial charge in [0.1, 0.15) is 11.6 Å².